The first-order valence-electron chi connectivity index (χ1n) is 15.7. The van der Waals surface area contributed by atoms with Gasteiger partial charge in [0.1, 0.15) is 25.6 Å². The summed E-state index contributed by atoms with van der Waals surface area (Å²) in [4.78, 5) is 29.0. The molecule has 0 radical (unpaired) electrons. The van der Waals surface area contributed by atoms with Gasteiger partial charge in [-0.1, -0.05) is 83.2 Å². The first-order chi connectivity index (χ1) is 24.4. The molecule has 2 aliphatic rings. The second-order valence-electron chi connectivity index (χ2n) is 11.2. The lowest BCUT2D eigenvalue weighted by molar-refractivity contribution is -0.132. The smallest absolute Gasteiger partial charge is 0.301 e. The van der Waals surface area contributed by atoms with Gasteiger partial charge in [0, 0.05) is 16.3 Å². The van der Waals surface area contributed by atoms with Crippen LogP contribution in [0.5, 0.6) is 23.0 Å². The van der Waals surface area contributed by atoms with Gasteiger partial charge in [-0.2, -0.15) is 0 Å². The Bertz CT molecular complexity index is 2070. The van der Waals surface area contributed by atoms with Crippen LogP contribution in [-0.4, -0.2) is 46.8 Å². The van der Waals surface area contributed by atoms with Gasteiger partial charge in [-0.25, -0.2) is 0 Å². The van der Waals surface area contributed by atoms with E-state index in [1.165, 1.54) is 28.0 Å². The Morgan fingerprint density at radius 1 is 0.920 bits per heavy atom. The number of ketones is 1. The number of nitrogens with zero attached hydrogens (tertiary/aromatic N) is 3. The van der Waals surface area contributed by atoms with Crippen molar-refractivity contribution in [2.75, 3.05) is 24.7 Å². The average Bonchev–Trinajstić information content (AvgIpc) is 3.72. The minimum absolute atomic E-state index is 0.113. The van der Waals surface area contributed by atoms with Crippen molar-refractivity contribution in [2.45, 2.75) is 29.7 Å². The number of thioether (sulfide) groups is 1. The van der Waals surface area contributed by atoms with Crippen LogP contribution in [0.1, 0.15) is 35.2 Å². The second-order valence-corrected chi connectivity index (χ2v) is 13.8. The average molecular weight is 728 g/mol. The molecule has 254 valence electrons. The third-order valence-electron chi connectivity index (χ3n) is 7.96. The summed E-state index contributed by atoms with van der Waals surface area (Å²) >= 11 is 8.66. The van der Waals surface area contributed by atoms with Crippen molar-refractivity contribution < 1.29 is 33.6 Å². The molecular formula is C37H30ClN3O7S2. The van der Waals surface area contributed by atoms with Crippen LogP contribution in [0.25, 0.3) is 5.76 Å². The molecule has 1 amide bonds. The summed E-state index contributed by atoms with van der Waals surface area (Å²) in [5, 5.41) is 21.3. The molecule has 10 nitrogen and oxygen atoms in total. The topological polar surface area (TPSA) is 120 Å². The zero-order valence-electron chi connectivity index (χ0n) is 26.7. The summed E-state index contributed by atoms with van der Waals surface area (Å²) in [5.41, 5.74) is 2.70. The summed E-state index contributed by atoms with van der Waals surface area (Å²) in [6.45, 7) is 3.25. The SMILES string of the molecule is CCOc1cc(C2/C(=C(\O)c3ccc4c(c3)OCCO4)C(=O)C(=O)N2c2nnc(SCc3ccc(Cl)cc3)s2)ccc1OCc1ccccc1. The van der Waals surface area contributed by atoms with Crippen molar-refractivity contribution >= 4 is 57.3 Å². The standard InChI is InChI=1S/C37H30ClN3O7S2/c1-2-45-29-18-24(10-14-28(29)48-20-22-6-4-3-5-7-22)32-31(33(42)25-11-15-27-30(19-25)47-17-16-46-27)34(43)35(44)41(32)36-39-40-37(50-36)49-21-23-8-12-26(38)13-9-23/h3-15,18-19,32,42H,2,16-17,20-21H2,1H3/b33-31+. The monoisotopic (exact) mass is 727 g/mol. The maximum absolute atomic E-state index is 13.9. The maximum atomic E-state index is 13.9. The number of hydrogen-bond acceptors (Lipinski definition) is 11. The van der Waals surface area contributed by atoms with Crippen LogP contribution < -0.4 is 23.8 Å². The van der Waals surface area contributed by atoms with Gasteiger partial charge in [0.2, 0.25) is 5.13 Å². The van der Waals surface area contributed by atoms with Crippen molar-refractivity contribution in [1.82, 2.24) is 10.2 Å². The van der Waals surface area contributed by atoms with Crippen LogP contribution in [0.3, 0.4) is 0 Å². The van der Waals surface area contributed by atoms with E-state index in [0.29, 0.717) is 75.7 Å². The molecule has 2 aliphatic heterocycles. The molecule has 0 spiro atoms. The first-order valence-corrected chi connectivity index (χ1v) is 17.9. The molecule has 3 heterocycles. The van der Waals surface area contributed by atoms with E-state index in [0.717, 1.165) is 11.1 Å². The lowest BCUT2D eigenvalue weighted by Gasteiger charge is -2.24. The van der Waals surface area contributed by atoms with E-state index in [1.54, 1.807) is 36.4 Å². The van der Waals surface area contributed by atoms with Crippen LogP contribution in [0.2, 0.25) is 5.02 Å². The highest BCUT2D eigenvalue weighted by atomic mass is 35.5. The molecule has 0 saturated carbocycles. The van der Waals surface area contributed by atoms with Gasteiger partial charge in [0.25, 0.3) is 5.78 Å². The summed E-state index contributed by atoms with van der Waals surface area (Å²) in [6.07, 6.45) is 0. The summed E-state index contributed by atoms with van der Waals surface area (Å²) in [5.74, 6) is 0.378. The molecule has 50 heavy (non-hydrogen) atoms. The lowest BCUT2D eigenvalue weighted by Crippen LogP contribution is -2.29. The number of aromatic nitrogens is 2. The number of hydrogen-bond donors (Lipinski definition) is 1. The van der Waals surface area contributed by atoms with Crippen LogP contribution in [0.15, 0.2) is 101 Å². The number of carbonyl (C=O) groups is 2. The number of carbonyl (C=O) groups excluding carboxylic acids is 2. The van der Waals surface area contributed by atoms with Crippen LogP contribution in [-0.2, 0) is 21.9 Å². The highest BCUT2D eigenvalue weighted by Crippen LogP contribution is 2.46. The fourth-order valence-electron chi connectivity index (χ4n) is 5.59. The molecule has 1 aromatic heterocycles. The molecule has 1 N–H and O–H groups in total. The molecule has 13 heteroatoms. The molecule has 0 aliphatic carbocycles. The number of aliphatic hydroxyl groups excluding tert-OH is 1. The fraction of sp³-hybridized carbons (Fsp3) is 0.189. The maximum Gasteiger partial charge on any atom is 0.301 e. The van der Waals surface area contributed by atoms with E-state index >= 15 is 0 Å². The molecule has 1 fully saturated rings. The normalized spacial score (nSPS) is 16.4. The van der Waals surface area contributed by atoms with Gasteiger partial charge in [-0.3, -0.25) is 14.5 Å². The lowest BCUT2D eigenvalue weighted by atomic mass is 9.95. The van der Waals surface area contributed by atoms with E-state index in [4.69, 9.17) is 30.5 Å². The van der Waals surface area contributed by atoms with Crippen LogP contribution >= 0.6 is 34.7 Å². The molecule has 1 atom stereocenters. The fourth-order valence-corrected chi connectivity index (χ4v) is 7.54. The zero-order valence-corrected chi connectivity index (χ0v) is 29.1. The molecule has 4 aromatic carbocycles. The van der Waals surface area contributed by atoms with Crippen molar-refractivity contribution in [3.8, 4) is 23.0 Å². The first kappa shape index (κ1) is 33.5. The molecule has 1 unspecified atom stereocenters. The Kier molecular flexibility index (Phi) is 9.92. The number of Topliss-reactive ketones (excluding diaryl/α,β-unsaturated/α-hetero) is 1. The number of rotatable bonds is 11. The zero-order chi connectivity index (χ0) is 34.6. The van der Waals surface area contributed by atoms with Crippen molar-refractivity contribution in [1.29, 1.82) is 0 Å². The number of ether oxygens (including phenoxy) is 4. The number of amides is 1. The Morgan fingerprint density at radius 2 is 1.70 bits per heavy atom. The molecule has 1 saturated heterocycles. The Balaban J connectivity index is 1.28. The van der Waals surface area contributed by atoms with Crippen molar-refractivity contribution in [3.63, 3.8) is 0 Å². The number of fused-ring (bicyclic) bond motifs is 1. The quantitative estimate of drug-likeness (QED) is 0.0473. The summed E-state index contributed by atoms with van der Waals surface area (Å²) in [7, 11) is 0. The van der Waals surface area contributed by atoms with Gasteiger partial charge in [0.05, 0.1) is 18.2 Å². The number of halogens is 1. The van der Waals surface area contributed by atoms with Gasteiger partial charge in [-0.05, 0) is 66.1 Å². The molecule has 0 bridgehead atoms. The van der Waals surface area contributed by atoms with Gasteiger partial charge in [0.15, 0.2) is 27.3 Å². The number of benzene rings is 4. The third kappa shape index (κ3) is 7.00. The predicted molar refractivity (Wildman–Crippen MR) is 192 cm³/mol. The Morgan fingerprint density at radius 3 is 2.48 bits per heavy atom. The predicted octanol–water partition coefficient (Wildman–Crippen LogP) is 7.86. The Hall–Kier alpha value is -5.04. The minimum atomic E-state index is -1.06. The van der Waals surface area contributed by atoms with Crippen LogP contribution in [0.4, 0.5) is 5.13 Å². The number of anilines is 1. The van der Waals surface area contributed by atoms with E-state index in [9.17, 15) is 14.7 Å². The molecular weight excluding hydrogens is 698 g/mol. The second kappa shape index (κ2) is 14.8. The number of aliphatic hydroxyl groups is 1. The Labute approximate surface area is 301 Å². The minimum Gasteiger partial charge on any atom is -0.507 e. The summed E-state index contributed by atoms with van der Waals surface area (Å²) < 4.78 is 24.1. The largest absolute Gasteiger partial charge is 0.507 e. The van der Waals surface area contributed by atoms with E-state index < -0.39 is 17.7 Å². The third-order valence-corrected chi connectivity index (χ3v) is 10.3. The van der Waals surface area contributed by atoms with Crippen LogP contribution in [0, 0.1) is 0 Å². The van der Waals surface area contributed by atoms with Crippen molar-refractivity contribution in [2.24, 2.45) is 0 Å². The van der Waals surface area contributed by atoms with Gasteiger partial charge < -0.3 is 24.1 Å². The molecule has 7 rings (SSSR count). The van der Waals surface area contributed by atoms with Gasteiger partial charge in [-0.15, -0.1) is 10.2 Å². The molecule has 5 aromatic rings. The van der Waals surface area contributed by atoms with E-state index in [2.05, 4.69) is 10.2 Å². The van der Waals surface area contributed by atoms with Crippen molar-refractivity contribution in [3.05, 3.63) is 124 Å². The van der Waals surface area contributed by atoms with Gasteiger partial charge >= 0.3 is 5.91 Å². The van der Waals surface area contributed by atoms with E-state index in [1.807, 2.05) is 61.5 Å². The van der Waals surface area contributed by atoms with E-state index in [-0.39, 0.29) is 16.5 Å². The summed E-state index contributed by atoms with van der Waals surface area (Å²) in [6, 6.07) is 26.2. The highest BCUT2D eigenvalue weighted by molar-refractivity contribution is 8.00. The highest BCUT2D eigenvalue weighted by Gasteiger charge is 2.48.